The highest BCUT2D eigenvalue weighted by atomic mass is 32.2. The van der Waals surface area contributed by atoms with Gasteiger partial charge in [0, 0.05) is 30.3 Å². The molecule has 2 aromatic carbocycles. The number of sulfonamides is 1. The van der Waals surface area contributed by atoms with Crippen LogP contribution in [0.5, 0.6) is 0 Å². The standard InChI is InChI=1S/C23H25N3O4S/c1-17-5-7-18(8-6-17)22-15-20(25-30-22)16-24-23(27)19-9-11-21(12-10-19)31(28,29)26-13-3-2-4-14-26/h5-12,15H,2-4,13-14,16H2,1H3,(H,24,27). The van der Waals surface area contributed by atoms with E-state index in [0.717, 1.165) is 30.4 Å². The number of benzene rings is 2. The summed E-state index contributed by atoms with van der Waals surface area (Å²) in [6.07, 6.45) is 2.82. The quantitative estimate of drug-likeness (QED) is 0.631. The van der Waals surface area contributed by atoms with E-state index in [4.69, 9.17) is 4.52 Å². The molecule has 1 saturated heterocycles. The normalized spacial score (nSPS) is 15.0. The smallest absolute Gasteiger partial charge is 0.251 e. The molecule has 0 bridgehead atoms. The van der Waals surface area contributed by atoms with E-state index >= 15 is 0 Å². The van der Waals surface area contributed by atoms with E-state index in [-0.39, 0.29) is 17.3 Å². The van der Waals surface area contributed by atoms with Crippen LogP contribution in [0, 0.1) is 6.92 Å². The fourth-order valence-corrected chi connectivity index (χ4v) is 5.07. The van der Waals surface area contributed by atoms with Gasteiger partial charge in [-0.25, -0.2) is 8.42 Å². The minimum absolute atomic E-state index is 0.210. The predicted molar refractivity (Wildman–Crippen MR) is 117 cm³/mol. The summed E-state index contributed by atoms with van der Waals surface area (Å²) < 4.78 is 32.3. The molecule has 1 amide bonds. The van der Waals surface area contributed by atoms with Crippen molar-refractivity contribution in [1.29, 1.82) is 0 Å². The van der Waals surface area contributed by atoms with Crippen molar-refractivity contribution in [3.05, 3.63) is 71.4 Å². The summed E-state index contributed by atoms with van der Waals surface area (Å²) in [6, 6.07) is 15.7. The Bertz CT molecular complexity index is 1150. The van der Waals surface area contributed by atoms with Gasteiger partial charge in [-0.15, -0.1) is 0 Å². The lowest BCUT2D eigenvalue weighted by atomic mass is 10.1. The number of rotatable bonds is 6. The highest BCUT2D eigenvalue weighted by molar-refractivity contribution is 7.89. The Hall–Kier alpha value is -2.97. The van der Waals surface area contributed by atoms with Crippen LogP contribution in [-0.4, -0.2) is 36.9 Å². The first kappa shape index (κ1) is 21.3. The van der Waals surface area contributed by atoms with Crippen molar-refractivity contribution in [3.8, 4) is 11.3 Å². The average Bonchev–Trinajstić information content (AvgIpc) is 3.28. The van der Waals surface area contributed by atoms with Gasteiger partial charge in [0.1, 0.15) is 5.69 Å². The molecule has 1 fully saturated rings. The molecule has 0 radical (unpaired) electrons. The molecule has 2 heterocycles. The fourth-order valence-electron chi connectivity index (χ4n) is 3.55. The lowest BCUT2D eigenvalue weighted by molar-refractivity contribution is 0.0950. The number of piperidine rings is 1. The molecule has 0 spiro atoms. The zero-order valence-corrected chi connectivity index (χ0v) is 18.2. The second kappa shape index (κ2) is 9.03. The summed E-state index contributed by atoms with van der Waals surface area (Å²) in [5, 5.41) is 6.79. The van der Waals surface area contributed by atoms with Crippen molar-refractivity contribution in [2.24, 2.45) is 0 Å². The van der Waals surface area contributed by atoms with Gasteiger partial charge < -0.3 is 9.84 Å². The number of hydrogen-bond donors (Lipinski definition) is 1. The fraction of sp³-hybridized carbons (Fsp3) is 0.304. The van der Waals surface area contributed by atoms with Crippen LogP contribution < -0.4 is 5.32 Å². The lowest BCUT2D eigenvalue weighted by Gasteiger charge is -2.25. The van der Waals surface area contributed by atoms with Crippen LogP contribution >= 0.6 is 0 Å². The van der Waals surface area contributed by atoms with E-state index in [1.165, 1.54) is 28.6 Å². The molecule has 1 aliphatic heterocycles. The number of amides is 1. The Morgan fingerprint density at radius 1 is 1.03 bits per heavy atom. The molecule has 1 aromatic heterocycles. The molecule has 0 unspecified atom stereocenters. The molecule has 4 rings (SSSR count). The lowest BCUT2D eigenvalue weighted by Crippen LogP contribution is -2.35. The number of carbonyl (C=O) groups excluding carboxylic acids is 1. The van der Waals surface area contributed by atoms with E-state index in [1.54, 1.807) is 6.07 Å². The Balaban J connectivity index is 1.37. The SMILES string of the molecule is Cc1ccc(-c2cc(CNC(=O)c3ccc(S(=O)(=O)N4CCCCC4)cc3)no2)cc1. The average molecular weight is 440 g/mol. The number of carbonyl (C=O) groups is 1. The first-order valence-corrected chi connectivity index (χ1v) is 11.8. The molecule has 3 aromatic rings. The number of aryl methyl sites for hydroxylation is 1. The highest BCUT2D eigenvalue weighted by Gasteiger charge is 2.25. The first-order valence-electron chi connectivity index (χ1n) is 10.3. The van der Waals surface area contributed by atoms with Gasteiger partial charge in [0.25, 0.3) is 5.91 Å². The van der Waals surface area contributed by atoms with Gasteiger partial charge in [-0.05, 0) is 44.0 Å². The van der Waals surface area contributed by atoms with Gasteiger partial charge >= 0.3 is 0 Å². The third kappa shape index (κ3) is 4.86. The van der Waals surface area contributed by atoms with Crippen molar-refractivity contribution in [2.75, 3.05) is 13.1 Å². The van der Waals surface area contributed by atoms with E-state index in [0.29, 0.717) is 30.1 Å². The Kier molecular flexibility index (Phi) is 6.20. The van der Waals surface area contributed by atoms with E-state index in [1.807, 2.05) is 31.2 Å². The van der Waals surface area contributed by atoms with Crippen LogP contribution in [0.2, 0.25) is 0 Å². The molecular formula is C23H25N3O4S. The summed E-state index contributed by atoms with van der Waals surface area (Å²) in [4.78, 5) is 12.7. The summed E-state index contributed by atoms with van der Waals surface area (Å²) >= 11 is 0. The first-order chi connectivity index (χ1) is 14.9. The number of aromatic nitrogens is 1. The van der Waals surface area contributed by atoms with Crippen molar-refractivity contribution in [2.45, 2.75) is 37.6 Å². The van der Waals surface area contributed by atoms with Crippen molar-refractivity contribution in [1.82, 2.24) is 14.8 Å². The summed E-state index contributed by atoms with van der Waals surface area (Å²) in [7, 11) is -3.51. The highest BCUT2D eigenvalue weighted by Crippen LogP contribution is 2.22. The van der Waals surface area contributed by atoms with Crippen molar-refractivity contribution in [3.63, 3.8) is 0 Å². The van der Waals surface area contributed by atoms with Crippen LogP contribution in [-0.2, 0) is 16.6 Å². The monoisotopic (exact) mass is 439 g/mol. The van der Waals surface area contributed by atoms with Crippen molar-refractivity contribution < 1.29 is 17.7 Å². The molecule has 1 N–H and O–H groups in total. The maximum atomic E-state index is 12.7. The van der Waals surface area contributed by atoms with E-state index in [2.05, 4.69) is 10.5 Å². The Labute approximate surface area is 182 Å². The molecule has 0 saturated carbocycles. The number of nitrogens with one attached hydrogen (secondary N) is 1. The maximum Gasteiger partial charge on any atom is 0.251 e. The van der Waals surface area contributed by atoms with Crippen LogP contribution in [0.4, 0.5) is 0 Å². The maximum absolute atomic E-state index is 12.7. The summed E-state index contributed by atoms with van der Waals surface area (Å²) in [5.74, 6) is 0.332. The molecule has 0 aliphatic carbocycles. The van der Waals surface area contributed by atoms with Crippen molar-refractivity contribution >= 4 is 15.9 Å². The summed E-state index contributed by atoms with van der Waals surface area (Å²) in [5.41, 5.74) is 3.07. The Morgan fingerprint density at radius 3 is 2.39 bits per heavy atom. The van der Waals surface area contributed by atoms with Gasteiger partial charge in [-0.1, -0.05) is 41.4 Å². The predicted octanol–water partition coefficient (Wildman–Crippen LogP) is 3.75. The summed E-state index contributed by atoms with van der Waals surface area (Å²) in [6.45, 7) is 3.32. The van der Waals surface area contributed by atoms with Gasteiger partial charge in [0.05, 0.1) is 11.4 Å². The molecule has 8 heteroatoms. The Morgan fingerprint density at radius 2 is 1.71 bits per heavy atom. The van der Waals surface area contributed by atoms with Crippen LogP contribution in [0.15, 0.2) is 64.0 Å². The second-order valence-corrected chi connectivity index (χ2v) is 9.66. The topological polar surface area (TPSA) is 92.5 Å². The molecular weight excluding hydrogens is 414 g/mol. The number of nitrogens with zero attached hydrogens (tertiary/aromatic N) is 2. The molecule has 31 heavy (non-hydrogen) atoms. The minimum atomic E-state index is -3.51. The second-order valence-electron chi connectivity index (χ2n) is 7.72. The van der Waals surface area contributed by atoms with Crippen LogP contribution in [0.25, 0.3) is 11.3 Å². The molecule has 162 valence electrons. The third-order valence-corrected chi connectivity index (χ3v) is 7.31. The van der Waals surface area contributed by atoms with Gasteiger partial charge in [-0.3, -0.25) is 4.79 Å². The minimum Gasteiger partial charge on any atom is -0.356 e. The van der Waals surface area contributed by atoms with Gasteiger partial charge in [0.2, 0.25) is 10.0 Å². The van der Waals surface area contributed by atoms with E-state index < -0.39 is 10.0 Å². The molecule has 0 atom stereocenters. The van der Waals surface area contributed by atoms with E-state index in [9.17, 15) is 13.2 Å². The van der Waals surface area contributed by atoms with Crippen LogP contribution in [0.3, 0.4) is 0 Å². The van der Waals surface area contributed by atoms with Gasteiger partial charge in [0.15, 0.2) is 5.76 Å². The zero-order chi connectivity index (χ0) is 21.8. The van der Waals surface area contributed by atoms with Gasteiger partial charge in [-0.2, -0.15) is 4.31 Å². The largest absolute Gasteiger partial charge is 0.356 e. The number of hydrogen-bond acceptors (Lipinski definition) is 5. The zero-order valence-electron chi connectivity index (χ0n) is 17.4. The molecule has 1 aliphatic rings. The molecule has 7 nitrogen and oxygen atoms in total. The van der Waals surface area contributed by atoms with Crippen LogP contribution in [0.1, 0.15) is 40.9 Å². The third-order valence-electron chi connectivity index (χ3n) is 5.39.